The molecule has 8 nitrogen and oxygen atoms in total. The predicted molar refractivity (Wildman–Crippen MR) is 139 cm³/mol. The fraction of sp³-hybridized carbons (Fsp3) is 0.407. The van der Waals surface area contributed by atoms with Crippen LogP contribution < -0.4 is 20.3 Å². The molecule has 1 amide bonds. The Morgan fingerprint density at radius 3 is 2.57 bits per heavy atom. The molecule has 1 aliphatic rings. The Morgan fingerprint density at radius 2 is 1.89 bits per heavy atom. The average molecular weight is 475 g/mol. The topological polar surface area (TPSA) is 92.3 Å². The van der Waals surface area contributed by atoms with Crippen LogP contribution in [0, 0.1) is 5.92 Å². The third-order valence-electron chi connectivity index (χ3n) is 6.81. The molecule has 0 radical (unpaired) electrons. The highest BCUT2D eigenvalue weighted by molar-refractivity contribution is 5.94. The zero-order chi connectivity index (χ0) is 24.8. The number of carbonyl (C=O) groups excluding carboxylic acids is 1. The van der Waals surface area contributed by atoms with Gasteiger partial charge >= 0.3 is 0 Å². The molecule has 0 aliphatic carbocycles. The highest BCUT2D eigenvalue weighted by atomic mass is 16.5. The number of amides is 1. The molecule has 2 aromatic heterocycles. The number of anilines is 2. The fourth-order valence-corrected chi connectivity index (χ4v) is 4.40. The second kappa shape index (κ2) is 11.2. The van der Waals surface area contributed by atoms with E-state index >= 15 is 0 Å². The molecule has 1 unspecified atom stereocenters. The Kier molecular flexibility index (Phi) is 7.80. The van der Waals surface area contributed by atoms with Gasteiger partial charge < -0.3 is 20.3 Å². The number of pyridine rings is 1. The maximum Gasteiger partial charge on any atom is 0.251 e. The molecular weight excluding hydrogens is 440 g/mol. The number of benzene rings is 1. The lowest BCUT2D eigenvalue weighted by Crippen LogP contribution is -2.20. The van der Waals surface area contributed by atoms with Crippen LogP contribution in [0.15, 0.2) is 48.9 Å². The molecule has 2 atom stereocenters. The minimum Gasteiger partial charge on any atom is -0.496 e. The molecule has 4 rings (SSSR count). The number of nitrogens with one attached hydrogen (secondary N) is 2. The number of nitrogens with zero attached hydrogens (tertiary/aromatic N) is 4. The van der Waals surface area contributed by atoms with Gasteiger partial charge in [-0.2, -0.15) is 0 Å². The maximum atomic E-state index is 12.0. The second-order valence-corrected chi connectivity index (χ2v) is 9.07. The van der Waals surface area contributed by atoms with Gasteiger partial charge in [0.1, 0.15) is 23.7 Å². The van der Waals surface area contributed by atoms with Crippen LogP contribution in [-0.4, -0.2) is 54.7 Å². The Hall–Kier alpha value is -3.68. The van der Waals surface area contributed by atoms with Gasteiger partial charge in [-0.3, -0.25) is 4.79 Å². The quantitative estimate of drug-likeness (QED) is 0.476. The Balaban J connectivity index is 1.40. The van der Waals surface area contributed by atoms with E-state index in [9.17, 15) is 4.79 Å². The molecule has 1 saturated heterocycles. The number of hydrogen-bond donors (Lipinski definition) is 2. The van der Waals surface area contributed by atoms with Crippen LogP contribution >= 0.6 is 0 Å². The van der Waals surface area contributed by atoms with Crippen molar-refractivity contribution >= 4 is 17.5 Å². The minimum absolute atomic E-state index is 0.127. The maximum absolute atomic E-state index is 12.0. The van der Waals surface area contributed by atoms with E-state index in [0.717, 1.165) is 53.8 Å². The van der Waals surface area contributed by atoms with Gasteiger partial charge in [0, 0.05) is 50.1 Å². The van der Waals surface area contributed by atoms with Crippen LogP contribution in [-0.2, 0) is 0 Å². The van der Waals surface area contributed by atoms with Crippen molar-refractivity contribution in [3.63, 3.8) is 0 Å². The van der Waals surface area contributed by atoms with Crippen LogP contribution in [0.2, 0.25) is 0 Å². The Morgan fingerprint density at radius 1 is 1.09 bits per heavy atom. The van der Waals surface area contributed by atoms with Gasteiger partial charge in [0.15, 0.2) is 0 Å². The summed E-state index contributed by atoms with van der Waals surface area (Å²) in [6.07, 6.45) is 5.94. The van der Waals surface area contributed by atoms with Crippen molar-refractivity contribution in [2.24, 2.45) is 5.92 Å². The average Bonchev–Trinajstić information content (AvgIpc) is 3.46. The number of rotatable bonds is 9. The van der Waals surface area contributed by atoms with Crippen LogP contribution in [0.4, 0.5) is 11.6 Å². The van der Waals surface area contributed by atoms with E-state index in [1.165, 1.54) is 12.8 Å². The van der Waals surface area contributed by atoms with Crippen molar-refractivity contribution in [3.8, 4) is 17.0 Å². The molecule has 3 aromatic rings. The summed E-state index contributed by atoms with van der Waals surface area (Å²) in [7, 11) is 3.26. The van der Waals surface area contributed by atoms with Crippen molar-refractivity contribution in [2.45, 2.75) is 32.6 Å². The van der Waals surface area contributed by atoms with Gasteiger partial charge in [0.2, 0.25) is 0 Å². The highest BCUT2D eigenvalue weighted by Gasteiger charge is 2.20. The summed E-state index contributed by atoms with van der Waals surface area (Å²) in [6, 6.07) is 11.7. The van der Waals surface area contributed by atoms with E-state index in [2.05, 4.69) is 56.5 Å². The zero-order valence-electron chi connectivity index (χ0n) is 20.9. The van der Waals surface area contributed by atoms with Crippen molar-refractivity contribution in [2.75, 3.05) is 44.0 Å². The zero-order valence-corrected chi connectivity index (χ0v) is 20.9. The van der Waals surface area contributed by atoms with Gasteiger partial charge in [0.25, 0.3) is 5.91 Å². The van der Waals surface area contributed by atoms with Gasteiger partial charge in [-0.25, -0.2) is 15.0 Å². The number of hydrogen-bond acceptors (Lipinski definition) is 7. The third kappa shape index (κ3) is 5.70. The number of aromatic nitrogens is 3. The van der Waals surface area contributed by atoms with E-state index in [4.69, 9.17) is 4.74 Å². The first-order valence-corrected chi connectivity index (χ1v) is 12.2. The number of ether oxygens (including phenoxy) is 1. The molecule has 35 heavy (non-hydrogen) atoms. The monoisotopic (exact) mass is 474 g/mol. The van der Waals surface area contributed by atoms with Gasteiger partial charge in [-0.15, -0.1) is 0 Å². The molecule has 1 fully saturated rings. The van der Waals surface area contributed by atoms with Gasteiger partial charge in [0.05, 0.1) is 12.8 Å². The molecule has 8 heteroatoms. The molecule has 2 N–H and O–H groups in total. The van der Waals surface area contributed by atoms with Crippen molar-refractivity contribution in [3.05, 3.63) is 60.0 Å². The van der Waals surface area contributed by atoms with E-state index in [0.29, 0.717) is 5.56 Å². The lowest BCUT2D eigenvalue weighted by atomic mass is 9.87. The fourth-order valence-electron chi connectivity index (χ4n) is 4.40. The predicted octanol–water partition coefficient (Wildman–Crippen LogP) is 4.36. The van der Waals surface area contributed by atoms with Crippen LogP contribution in [0.5, 0.6) is 5.75 Å². The summed E-state index contributed by atoms with van der Waals surface area (Å²) in [5, 5.41) is 6.10. The normalized spacial score (nSPS) is 14.9. The van der Waals surface area contributed by atoms with E-state index in [1.807, 2.05) is 24.4 Å². The SMILES string of the molecule is CNC(=O)c1ccc([C@H](C)C(C)CNc2cc(-c3ccc(N4CCCC4)nc3)ncn2)c(OC)c1. The van der Waals surface area contributed by atoms with E-state index in [1.54, 1.807) is 26.6 Å². The number of methoxy groups -OCH3 is 1. The van der Waals surface area contributed by atoms with Crippen molar-refractivity contribution < 1.29 is 9.53 Å². The minimum atomic E-state index is -0.127. The smallest absolute Gasteiger partial charge is 0.251 e. The first-order chi connectivity index (χ1) is 17.0. The van der Waals surface area contributed by atoms with Gasteiger partial charge in [-0.1, -0.05) is 19.9 Å². The highest BCUT2D eigenvalue weighted by Crippen LogP contribution is 2.33. The molecular formula is C27H34N6O2. The first-order valence-electron chi connectivity index (χ1n) is 12.2. The van der Waals surface area contributed by atoms with Gasteiger partial charge in [-0.05, 0) is 54.5 Å². The summed E-state index contributed by atoms with van der Waals surface area (Å²) in [5.74, 6) is 2.89. The summed E-state index contributed by atoms with van der Waals surface area (Å²) < 4.78 is 5.59. The summed E-state index contributed by atoms with van der Waals surface area (Å²) in [6.45, 7) is 7.24. The molecule has 0 bridgehead atoms. The van der Waals surface area contributed by atoms with E-state index in [-0.39, 0.29) is 17.7 Å². The standard InChI is InChI=1S/C27H34N6O2/c1-18(19(2)22-9-7-20(27(34)28-3)13-24(22)35-4)15-29-25-14-23(31-17-32-25)21-8-10-26(30-16-21)33-11-5-6-12-33/h7-10,13-14,16-19H,5-6,11-12,15H2,1-4H3,(H,28,34)(H,29,31,32)/t18?,19-/m1/s1. The molecule has 0 spiro atoms. The molecule has 3 heterocycles. The summed E-state index contributed by atoms with van der Waals surface area (Å²) in [4.78, 5) is 27.8. The second-order valence-electron chi connectivity index (χ2n) is 9.07. The third-order valence-corrected chi connectivity index (χ3v) is 6.81. The molecule has 1 aromatic carbocycles. The molecule has 1 aliphatic heterocycles. The Labute approximate surface area is 207 Å². The molecule has 184 valence electrons. The Bertz CT molecular complexity index is 1140. The van der Waals surface area contributed by atoms with Crippen LogP contribution in [0.25, 0.3) is 11.3 Å². The summed E-state index contributed by atoms with van der Waals surface area (Å²) in [5.41, 5.74) is 3.47. The van der Waals surface area contributed by atoms with E-state index < -0.39 is 0 Å². The van der Waals surface area contributed by atoms with Crippen molar-refractivity contribution in [1.29, 1.82) is 0 Å². The van der Waals surface area contributed by atoms with Crippen LogP contribution in [0.1, 0.15) is 48.5 Å². The lowest BCUT2D eigenvalue weighted by molar-refractivity contribution is 0.0962. The van der Waals surface area contributed by atoms with Crippen molar-refractivity contribution in [1.82, 2.24) is 20.3 Å². The largest absolute Gasteiger partial charge is 0.496 e. The first kappa shape index (κ1) is 24.4. The van der Waals surface area contributed by atoms with Crippen LogP contribution in [0.3, 0.4) is 0 Å². The number of carbonyl (C=O) groups is 1. The summed E-state index contributed by atoms with van der Waals surface area (Å²) >= 11 is 0. The lowest BCUT2D eigenvalue weighted by Gasteiger charge is -2.23. The molecule has 0 saturated carbocycles.